The molecule has 0 bridgehead atoms. The number of hydrogen-bond acceptors (Lipinski definition) is 3. The lowest BCUT2D eigenvalue weighted by Gasteiger charge is -2.40. The molecule has 0 radical (unpaired) electrons. The zero-order valence-corrected chi connectivity index (χ0v) is 14.1. The van der Waals surface area contributed by atoms with E-state index in [2.05, 4.69) is 63.2 Å². The first kappa shape index (κ1) is 16.5. The molecule has 1 aromatic carbocycles. The van der Waals surface area contributed by atoms with Gasteiger partial charge in [-0.3, -0.25) is 4.90 Å². The zero-order chi connectivity index (χ0) is 15.4. The van der Waals surface area contributed by atoms with Crippen LogP contribution in [-0.4, -0.2) is 43.8 Å². The van der Waals surface area contributed by atoms with Crippen LogP contribution in [0.5, 0.6) is 0 Å². The Bertz CT molecular complexity index is 461. The van der Waals surface area contributed by atoms with Crippen molar-refractivity contribution in [1.29, 1.82) is 0 Å². The van der Waals surface area contributed by atoms with Crippen molar-refractivity contribution in [1.82, 2.24) is 10.2 Å². The molecule has 0 saturated carbocycles. The molecule has 2 rings (SSSR count). The van der Waals surface area contributed by atoms with Crippen LogP contribution in [0, 0.1) is 13.8 Å². The number of aryl methyl sites for hydroxylation is 2. The van der Waals surface area contributed by atoms with Crippen LogP contribution in [0.2, 0.25) is 0 Å². The smallest absolute Gasteiger partial charge is 0.0674 e. The van der Waals surface area contributed by atoms with Gasteiger partial charge in [-0.2, -0.15) is 0 Å². The number of morpholine rings is 1. The summed E-state index contributed by atoms with van der Waals surface area (Å²) in [5.74, 6) is 0. The molecule has 0 amide bonds. The van der Waals surface area contributed by atoms with Crippen molar-refractivity contribution in [2.45, 2.75) is 52.3 Å². The average molecular weight is 290 g/mol. The maximum atomic E-state index is 5.81. The lowest BCUT2D eigenvalue weighted by molar-refractivity contribution is -0.0584. The molecule has 3 atom stereocenters. The van der Waals surface area contributed by atoms with Crippen LogP contribution in [0.15, 0.2) is 18.2 Å². The van der Waals surface area contributed by atoms with Crippen LogP contribution in [0.3, 0.4) is 0 Å². The van der Waals surface area contributed by atoms with E-state index in [4.69, 9.17) is 4.74 Å². The molecule has 0 aromatic heterocycles. The van der Waals surface area contributed by atoms with Crippen LogP contribution >= 0.6 is 0 Å². The molecule has 1 fully saturated rings. The number of hydrogen-bond donors (Lipinski definition) is 1. The molecule has 3 heteroatoms. The van der Waals surface area contributed by atoms with Gasteiger partial charge in [0.25, 0.3) is 0 Å². The van der Waals surface area contributed by atoms with Crippen LogP contribution in [0.4, 0.5) is 0 Å². The summed E-state index contributed by atoms with van der Waals surface area (Å²) in [6, 6.07) is 7.69. The molecule has 118 valence electrons. The fraction of sp³-hybridized carbons (Fsp3) is 0.667. The molecule has 21 heavy (non-hydrogen) atoms. The van der Waals surface area contributed by atoms with Crippen molar-refractivity contribution in [2.75, 3.05) is 26.7 Å². The molecule has 1 aliphatic heterocycles. The van der Waals surface area contributed by atoms with E-state index in [1.807, 2.05) is 0 Å². The minimum Gasteiger partial charge on any atom is -0.376 e. The summed E-state index contributed by atoms with van der Waals surface area (Å²) in [4.78, 5) is 2.59. The first-order chi connectivity index (χ1) is 10.0. The molecular weight excluding hydrogens is 260 g/mol. The monoisotopic (exact) mass is 290 g/mol. The fourth-order valence-electron chi connectivity index (χ4n) is 3.31. The summed E-state index contributed by atoms with van der Waals surface area (Å²) in [6.07, 6.45) is 1.49. The second kappa shape index (κ2) is 7.39. The van der Waals surface area contributed by atoms with Crippen LogP contribution in [0.25, 0.3) is 0 Å². The van der Waals surface area contributed by atoms with Crippen molar-refractivity contribution < 1.29 is 4.74 Å². The Morgan fingerprint density at radius 1 is 1.38 bits per heavy atom. The maximum absolute atomic E-state index is 5.81. The zero-order valence-electron chi connectivity index (χ0n) is 14.1. The van der Waals surface area contributed by atoms with Crippen LogP contribution < -0.4 is 5.32 Å². The van der Waals surface area contributed by atoms with E-state index in [-0.39, 0.29) is 0 Å². The van der Waals surface area contributed by atoms with Gasteiger partial charge in [-0.15, -0.1) is 0 Å². The SMILES string of the molecule is CCC1COC(C)CN1CC(NC)c1ccc(C)cc1C. The third kappa shape index (κ3) is 4.06. The van der Waals surface area contributed by atoms with E-state index in [9.17, 15) is 0 Å². The molecule has 1 aliphatic rings. The summed E-state index contributed by atoms with van der Waals surface area (Å²) in [6.45, 7) is 11.7. The van der Waals surface area contributed by atoms with E-state index in [1.54, 1.807) is 0 Å². The molecule has 0 aliphatic carbocycles. The molecule has 1 heterocycles. The van der Waals surface area contributed by atoms with Crippen molar-refractivity contribution in [3.8, 4) is 0 Å². The highest BCUT2D eigenvalue weighted by atomic mass is 16.5. The van der Waals surface area contributed by atoms with Gasteiger partial charge in [0, 0.05) is 25.2 Å². The quantitative estimate of drug-likeness (QED) is 0.902. The maximum Gasteiger partial charge on any atom is 0.0674 e. The van der Waals surface area contributed by atoms with E-state index in [0.29, 0.717) is 18.2 Å². The number of ether oxygens (including phenoxy) is 1. The Hall–Kier alpha value is -0.900. The molecular formula is C18H30N2O. The van der Waals surface area contributed by atoms with Gasteiger partial charge >= 0.3 is 0 Å². The second-order valence-electron chi connectivity index (χ2n) is 6.36. The molecule has 3 unspecified atom stereocenters. The molecule has 3 nitrogen and oxygen atoms in total. The Balaban J connectivity index is 2.13. The summed E-state index contributed by atoms with van der Waals surface area (Å²) in [5, 5.41) is 3.50. The predicted octanol–water partition coefficient (Wildman–Crippen LogP) is 3.06. The van der Waals surface area contributed by atoms with Crippen molar-refractivity contribution >= 4 is 0 Å². The highest BCUT2D eigenvalue weighted by molar-refractivity contribution is 5.33. The Labute approximate surface area is 129 Å². The van der Waals surface area contributed by atoms with Crippen LogP contribution in [-0.2, 0) is 4.74 Å². The first-order valence-corrected chi connectivity index (χ1v) is 8.15. The standard InChI is InChI=1S/C18H30N2O/c1-6-16-12-21-15(4)10-20(16)11-18(19-5)17-8-7-13(2)9-14(17)3/h7-9,15-16,18-19H,6,10-12H2,1-5H3. The third-order valence-electron chi connectivity index (χ3n) is 4.62. The predicted molar refractivity (Wildman–Crippen MR) is 88.8 cm³/mol. The topological polar surface area (TPSA) is 24.5 Å². The third-order valence-corrected chi connectivity index (χ3v) is 4.62. The largest absolute Gasteiger partial charge is 0.376 e. The Morgan fingerprint density at radius 3 is 2.76 bits per heavy atom. The molecule has 1 aromatic rings. The Morgan fingerprint density at radius 2 is 2.14 bits per heavy atom. The van der Waals surface area contributed by atoms with E-state index in [1.165, 1.54) is 16.7 Å². The van der Waals surface area contributed by atoms with Gasteiger partial charge in [0.15, 0.2) is 0 Å². The van der Waals surface area contributed by atoms with Gasteiger partial charge in [0.2, 0.25) is 0 Å². The van der Waals surface area contributed by atoms with E-state index in [0.717, 1.165) is 26.1 Å². The van der Waals surface area contributed by atoms with Crippen molar-refractivity contribution in [2.24, 2.45) is 0 Å². The van der Waals surface area contributed by atoms with E-state index >= 15 is 0 Å². The number of rotatable bonds is 5. The highest BCUT2D eigenvalue weighted by Gasteiger charge is 2.27. The molecule has 0 spiro atoms. The van der Waals surface area contributed by atoms with Gasteiger partial charge < -0.3 is 10.1 Å². The highest BCUT2D eigenvalue weighted by Crippen LogP contribution is 2.23. The van der Waals surface area contributed by atoms with Crippen LogP contribution in [0.1, 0.15) is 43.0 Å². The lowest BCUT2D eigenvalue weighted by Crippen LogP contribution is -2.51. The molecule has 1 saturated heterocycles. The number of nitrogens with one attached hydrogen (secondary N) is 1. The normalized spacial score (nSPS) is 25.0. The first-order valence-electron chi connectivity index (χ1n) is 8.15. The second-order valence-corrected chi connectivity index (χ2v) is 6.36. The number of benzene rings is 1. The summed E-state index contributed by atoms with van der Waals surface area (Å²) < 4.78 is 5.81. The van der Waals surface area contributed by atoms with Gasteiger partial charge in [0.05, 0.1) is 12.7 Å². The van der Waals surface area contributed by atoms with Gasteiger partial charge in [-0.1, -0.05) is 30.7 Å². The van der Waals surface area contributed by atoms with Crippen molar-refractivity contribution in [3.05, 3.63) is 34.9 Å². The lowest BCUT2D eigenvalue weighted by atomic mass is 9.98. The number of nitrogens with zero attached hydrogens (tertiary/aromatic N) is 1. The van der Waals surface area contributed by atoms with Gasteiger partial charge in [-0.05, 0) is 45.4 Å². The minimum atomic E-state index is 0.337. The fourth-order valence-corrected chi connectivity index (χ4v) is 3.31. The summed E-state index contributed by atoms with van der Waals surface area (Å²) >= 11 is 0. The summed E-state index contributed by atoms with van der Waals surface area (Å²) in [7, 11) is 2.06. The summed E-state index contributed by atoms with van der Waals surface area (Å²) in [5.41, 5.74) is 4.12. The van der Waals surface area contributed by atoms with E-state index < -0.39 is 0 Å². The van der Waals surface area contributed by atoms with Crippen molar-refractivity contribution in [3.63, 3.8) is 0 Å². The minimum absolute atomic E-state index is 0.337. The Kier molecular flexibility index (Phi) is 5.80. The molecule has 1 N–H and O–H groups in total. The van der Waals surface area contributed by atoms with Gasteiger partial charge in [0.1, 0.15) is 0 Å². The number of likely N-dealkylation sites (N-methyl/N-ethyl adjacent to an activating group) is 1. The van der Waals surface area contributed by atoms with Gasteiger partial charge in [-0.25, -0.2) is 0 Å². The average Bonchev–Trinajstić information content (AvgIpc) is 2.45.